The van der Waals surface area contributed by atoms with Crippen molar-refractivity contribution in [3.63, 3.8) is 0 Å². The van der Waals surface area contributed by atoms with Crippen molar-refractivity contribution in [1.82, 2.24) is 4.57 Å². The van der Waals surface area contributed by atoms with Crippen molar-refractivity contribution in [2.24, 2.45) is 5.73 Å². The summed E-state index contributed by atoms with van der Waals surface area (Å²) in [6, 6.07) is 20.0. The number of hydrogen-bond acceptors (Lipinski definition) is 2. The van der Waals surface area contributed by atoms with Crippen LogP contribution in [0.2, 0.25) is 5.02 Å². The summed E-state index contributed by atoms with van der Waals surface area (Å²) < 4.78 is 2.08. The van der Waals surface area contributed by atoms with Gasteiger partial charge in [0.15, 0.2) is 0 Å². The number of amides is 1. The Bertz CT molecular complexity index is 1150. The molecule has 4 nitrogen and oxygen atoms in total. The Morgan fingerprint density at radius 2 is 1.96 bits per heavy atom. The minimum atomic E-state index is -0.480. The molecule has 0 aliphatic heterocycles. The van der Waals surface area contributed by atoms with Crippen molar-refractivity contribution in [2.45, 2.75) is 13.2 Å². The molecule has 0 aliphatic rings. The summed E-state index contributed by atoms with van der Waals surface area (Å²) in [5.74, 6) is -0.480. The van der Waals surface area contributed by atoms with Crippen LogP contribution in [0.4, 0.5) is 0 Å². The van der Waals surface area contributed by atoms with E-state index < -0.39 is 5.91 Å². The zero-order valence-corrected chi connectivity index (χ0v) is 14.6. The molecule has 0 aliphatic carbocycles. The molecule has 1 radical (unpaired) electrons. The third kappa shape index (κ3) is 2.64. The topological polar surface area (TPSA) is 68.2 Å². The van der Waals surface area contributed by atoms with E-state index in [0.717, 1.165) is 32.9 Å². The van der Waals surface area contributed by atoms with E-state index in [1.54, 1.807) is 12.1 Å². The average Bonchev–Trinajstić information content (AvgIpc) is 2.96. The summed E-state index contributed by atoms with van der Waals surface area (Å²) in [5.41, 5.74) is 9.51. The number of carbonyl (C=O) groups excluding carboxylic acids is 1. The molecular weight excluding hydrogens is 348 g/mol. The molecule has 0 saturated carbocycles. The Labute approximate surface area is 155 Å². The lowest BCUT2D eigenvalue weighted by Crippen LogP contribution is -2.11. The van der Waals surface area contributed by atoms with Crippen LogP contribution in [0.1, 0.15) is 21.5 Å². The highest BCUT2D eigenvalue weighted by Gasteiger charge is 2.17. The molecule has 1 aromatic heterocycles. The zero-order chi connectivity index (χ0) is 18.3. The van der Waals surface area contributed by atoms with Gasteiger partial charge in [-0.05, 0) is 47.5 Å². The maximum atomic E-state index is 11.9. The van der Waals surface area contributed by atoms with Gasteiger partial charge in [0.2, 0.25) is 5.91 Å². The van der Waals surface area contributed by atoms with Crippen molar-refractivity contribution >= 4 is 39.3 Å². The second kappa shape index (κ2) is 6.48. The van der Waals surface area contributed by atoms with E-state index in [1.165, 1.54) is 0 Å². The molecule has 129 valence electrons. The standard InChI is InChI=1S/C21H16ClN2O2/c22-17-6-2-1-4-14(17)11-24-18-7-3-5-16(21(23)26)20(18)15-9-8-13(12-25)10-19(15)24/h1-8,10,25H,11-12H2,(H2,23,26). The number of rotatable bonds is 4. The van der Waals surface area contributed by atoms with Gasteiger partial charge in [-0.15, -0.1) is 0 Å². The van der Waals surface area contributed by atoms with E-state index in [0.29, 0.717) is 17.1 Å². The quantitative estimate of drug-likeness (QED) is 0.577. The van der Waals surface area contributed by atoms with E-state index >= 15 is 0 Å². The van der Waals surface area contributed by atoms with Crippen LogP contribution < -0.4 is 5.73 Å². The Morgan fingerprint density at radius 3 is 2.69 bits per heavy atom. The maximum Gasteiger partial charge on any atom is 0.249 e. The summed E-state index contributed by atoms with van der Waals surface area (Å²) in [6.07, 6.45) is 0. The third-order valence-electron chi connectivity index (χ3n) is 4.59. The summed E-state index contributed by atoms with van der Waals surface area (Å²) in [6.45, 7) is 0.452. The maximum absolute atomic E-state index is 11.9. The monoisotopic (exact) mass is 363 g/mol. The number of aliphatic hydroxyl groups excluding tert-OH is 1. The number of aliphatic hydroxyl groups is 1. The first-order valence-corrected chi connectivity index (χ1v) is 8.57. The molecule has 0 unspecified atom stereocenters. The highest BCUT2D eigenvalue weighted by molar-refractivity contribution is 6.31. The van der Waals surface area contributed by atoms with Crippen molar-refractivity contribution in [2.75, 3.05) is 0 Å². The highest BCUT2D eigenvalue weighted by Crippen LogP contribution is 2.33. The Kier molecular flexibility index (Phi) is 4.15. The number of carbonyl (C=O) groups is 1. The smallest absolute Gasteiger partial charge is 0.249 e. The minimum Gasteiger partial charge on any atom is -0.392 e. The highest BCUT2D eigenvalue weighted by atomic mass is 35.5. The van der Waals surface area contributed by atoms with E-state index in [2.05, 4.69) is 10.6 Å². The molecule has 4 rings (SSSR count). The molecule has 3 N–H and O–H groups in total. The Hall–Kier alpha value is -2.82. The van der Waals surface area contributed by atoms with Gasteiger partial charge in [0.05, 0.1) is 17.6 Å². The fourth-order valence-corrected chi connectivity index (χ4v) is 3.56. The summed E-state index contributed by atoms with van der Waals surface area (Å²) in [4.78, 5) is 11.9. The van der Waals surface area contributed by atoms with E-state index in [4.69, 9.17) is 17.3 Å². The van der Waals surface area contributed by atoms with E-state index in [1.807, 2.05) is 42.5 Å². The van der Waals surface area contributed by atoms with Gasteiger partial charge in [0.25, 0.3) is 0 Å². The number of aromatic nitrogens is 1. The second-order valence-electron chi connectivity index (χ2n) is 6.17. The van der Waals surface area contributed by atoms with Crippen molar-refractivity contribution in [3.05, 3.63) is 82.4 Å². The molecule has 0 bridgehead atoms. The van der Waals surface area contributed by atoms with E-state index in [9.17, 15) is 9.90 Å². The molecule has 1 heterocycles. The number of nitrogens with two attached hydrogens (primary N) is 1. The lowest BCUT2D eigenvalue weighted by molar-refractivity contribution is 0.100. The lowest BCUT2D eigenvalue weighted by Gasteiger charge is -2.10. The van der Waals surface area contributed by atoms with Crippen molar-refractivity contribution < 1.29 is 9.90 Å². The molecule has 0 fully saturated rings. The van der Waals surface area contributed by atoms with Crippen LogP contribution in [0.3, 0.4) is 0 Å². The van der Waals surface area contributed by atoms with Crippen molar-refractivity contribution in [1.29, 1.82) is 0 Å². The predicted molar refractivity (Wildman–Crippen MR) is 103 cm³/mol. The molecule has 0 spiro atoms. The summed E-state index contributed by atoms with van der Waals surface area (Å²) in [7, 11) is 0. The molecule has 26 heavy (non-hydrogen) atoms. The van der Waals surface area contributed by atoms with Crippen LogP contribution in [0.5, 0.6) is 0 Å². The van der Waals surface area contributed by atoms with Gasteiger partial charge in [-0.2, -0.15) is 0 Å². The lowest BCUT2D eigenvalue weighted by atomic mass is 10.0. The second-order valence-corrected chi connectivity index (χ2v) is 6.57. The predicted octanol–water partition coefficient (Wildman–Crippen LogP) is 3.89. The molecule has 0 saturated heterocycles. The first-order chi connectivity index (χ1) is 12.6. The van der Waals surface area contributed by atoms with Crippen LogP contribution >= 0.6 is 11.6 Å². The fraction of sp³-hybridized carbons (Fsp3) is 0.0952. The van der Waals surface area contributed by atoms with Gasteiger partial charge in [0.1, 0.15) is 0 Å². The minimum absolute atomic E-state index is 0.0806. The van der Waals surface area contributed by atoms with Gasteiger partial charge in [-0.1, -0.05) is 35.9 Å². The SMILES string of the molecule is NC(=O)c1cccc2c1c1[c]cc(CO)cc1n2Cc1ccccc1Cl. The molecule has 5 heteroatoms. The summed E-state index contributed by atoms with van der Waals surface area (Å²) >= 11 is 6.35. The van der Waals surface area contributed by atoms with Crippen molar-refractivity contribution in [3.8, 4) is 0 Å². The number of primary amides is 1. The fourth-order valence-electron chi connectivity index (χ4n) is 3.36. The van der Waals surface area contributed by atoms with Crippen LogP contribution in [0, 0.1) is 6.07 Å². The van der Waals surface area contributed by atoms with Gasteiger partial charge in [-0.25, -0.2) is 0 Å². The average molecular weight is 364 g/mol. The van der Waals surface area contributed by atoms with E-state index in [-0.39, 0.29) is 6.61 Å². The number of nitrogens with zero attached hydrogens (tertiary/aromatic N) is 1. The largest absolute Gasteiger partial charge is 0.392 e. The number of halogens is 1. The number of benzene rings is 3. The third-order valence-corrected chi connectivity index (χ3v) is 4.96. The first-order valence-electron chi connectivity index (χ1n) is 8.19. The normalized spacial score (nSPS) is 11.3. The molecule has 4 aromatic rings. The molecule has 0 atom stereocenters. The Morgan fingerprint density at radius 1 is 1.15 bits per heavy atom. The van der Waals surface area contributed by atoms with Crippen LogP contribution in [0.25, 0.3) is 21.8 Å². The summed E-state index contributed by atoms with van der Waals surface area (Å²) in [5, 5.41) is 11.8. The van der Waals surface area contributed by atoms with Gasteiger partial charge in [0, 0.05) is 27.9 Å². The first kappa shape index (κ1) is 16.6. The Balaban J connectivity index is 2.07. The zero-order valence-electron chi connectivity index (χ0n) is 13.9. The van der Waals surface area contributed by atoms with Gasteiger partial charge >= 0.3 is 0 Å². The van der Waals surface area contributed by atoms with Gasteiger partial charge < -0.3 is 15.4 Å². The molecule has 1 amide bonds. The van der Waals surface area contributed by atoms with Crippen LogP contribution in [-0.2, 0) is 13.2 Å². The van der Waals surface area contributed by atoms with Crippen LogP contribution in [0.15, 0.2) is 54.6 Å². The molecule has 3 aromatic carbocycles. The number of fused-ring (bicyclic) bond motifs is 3. The number of hydrogen-bond donors (Lipinski definition) is 2. The molecular formula is C21H16ClN2O2. The van der Waals surface area contributed by atoms with Gasteiger partial charge in [-0.3, -0.25) is 4.79 Å². The van der Waals surface area contributed by atoms with Crippen LogP contribution in [-0.4, -0.2) is 15.6 Å².